The molecular formula is C23H23N5OS. The van der Waals surface area contributed by atoms with Crippen LogP contribution in [0.25, 0.3) is 11.0 Å². The van der Waals surface area contributed by atoms with Gasteiger partial charge in [-0.15, -0.1) is 0 Å². The lowest BCUT2D eigenvalue weighted by molar-refractivity contribution is 0.102. The predicted octanol–water partition coefficient (Wildman–Crippen LogP) is 5.01. The third-order valence-electron chi connectivity index (χ3n) is 4.89. The van der Waals surface area contributed by atoms with E-state index in [1.54, 1.807) is 18.0 Å². The second kappa shape index (κ2) is 8.67. The lowest BCUT2D eigenvalue weighted by Crippen LogP contribution is -2.13. The molecule has 152 valence electrons. The van der Waals surface area contributed by atoms with Gasteiger partial charge < -0.3 is 9.88 Å². The van der Waals surface area contributed by atoms with Crippen LogP contribution in [0.4, 0.5) is 5.69 Å². The highest BCUT2D eigenvalue weighted by atomic mass is 32.2. The third-order valence-corrected chi connectivity index (χ3v) is 5.75. The number of nitrogens with zero attached hydrogens (tertiary/aromatic N) is 4. The standard InChI is InChI=1S/C23H23N5OS/c1-4-28-20-10-9-17(26-22(29)18-8-6-5-7-15(18)2)13-19(20)27-21(28)14-30-23-24-12-11-16(3)25-23/h5-13H,4,14H2,1-3H3,(H,26,29). The number of anilines is 1. The maximum absolute atomic E-state index is 12.6. The number of aromatic nitrogens is 4. The molecule has 2 aromatic carbocycles. The van der Waals surface area contributed by atoms with Gasteiger partial charge in [0.15, 0.2) is 5.16 Å². The molecule has 4 rings (SSSR count). The Morgan fingerprint density at radius 2 is 1.93 bits per heavy atom. The molecule has 0 aliphatic carbocycles. The van der Waals surface area contributed by atoms with Gasteiger partial charge >= 0.3 is 0 Å². The van der Waals surface area contributed by atoms with Gasteiger partial charge in [0.1, 0.15) is 5.82 Å². The first kappa shape index (κ1) is 20.1. The fraction of sp³-hybridized carbons (Fsp3) is 0.217. The van der Waals surface area contributed by atoms with Gasteiger partial charge in [-0.2, -0.15) is 0 Å². The lowest BCUT2D eigenvalue weighted by Gasteiger charge is -2.08. The van der Waals surface area contributed by atoms with Gasteiger partial charge in [0, 0.05) is 29.7 Å². The highest BCUT2D eigenvalue weighted by molar-refractivity contribution is 7.98. The average Bonchev–Trinajstić information content (AvgIpc) is 3.09. The number of rotatable bonds is 6. The first-order valence-corrected chi connectivity index (χ1v) is 10.8. The van der Waals surface area contributed by atoms with Crippen molar-refractivity contribution in [2.24, 2.45) is 0 Å². The number of carbonyl (C=O) groups is 1. The number of carbonyl (C=O) groups excluding carboxylic acids is 1. The smallest absolute Gasteiger partial charge is 0.255 e. The number of nitrogens with one attached hydrogen (secondary N) is 1. The minimum Gasteiger partial charge on any atom is -0.328 e. The first-order chi connectivity index (χ1) is 14.5. The summed E-state index contributed by atoms with van der Waals surface area (Å²) in [7, 11) is 0. The summed E-state index contributed by atoms with van der Waals surface area (Å²) in [5.41, 5.74) is 5.21. The highest BCUT2D eigenvalue weighted by Gasteiger charge is 2.13. The zero-order valence-corrected chi connectivity index (χ0v) is 18.0. The van der Waals surface area contributed by atoms with Crippen LogP contribution in [0.1, 0.15) is 34.4 Å². The summed E-state index contributed by atoms with van der Waals surface area (Å²) in [5.74, 6) is 1.52. The summed E-state index contributed by atoms with van der Waals surface area (Å²) < 4.78 is 2.19. The summed E-state index contributed by atoms with van der Waals surface area (Å²) in [6.45, 7) is 6.81. The Labute approximate surface area is 179 Å². The van der Waals surface area contributed by atoms with Crippen LogP contribution in [0.3, 0.4) is 0 Å². The molecule has 0 fully saturated rings. The Kier molecular flexibility index (Phi) is 5.81. The molecule has 0 saturated carbocycles. The second-order valence-electron chi connectivity index (χ2n) is 7.01. The topological polar surface area (TPSA) is 72.7 Å². The van der Waals surface area contributed by atoms with Crippen molar-refractivity contribution in [1.82, 2.24) is 19.5 Å². The van der Waals surface area contributed by atoms with E-state index in [0.717, 1.165) is 45.5 Å². The van der Waals surface area contributed by atoms with Gasteiger partial charge in [-0.05, 0) is 56.7 Å². The molecule has 4 aromatic rings. The Balaban J connectivity index is 1.57. The van der Waals surface area contributed by atoms with E-state index in [9.17, 15) is 4.79 Å². The van der Waals surface area contributed by atoms with Crippen LogP contribution in [0.5, 0.6) is 0 Å². The maximum atomic E-state index is 12.6. The van der Waals surface area contributed by atoms with E-state index >= 15 is 0 Å². The number of thioether (sulfide) groups is 1. The summed E-state index contributed by atoms with van der Waals surface area (Å²) in [5, 5.41) is 3.73. The molecule has 30 heavy (non-hydrogen) atoms. The lowest BCUT2D eigenvalue weighted by atomic mass is 10.1. The van der Waals surface area contributed by atoms with Gasteiger partial charge in [-0.3, -0.25) is 4.79 Å². The summed E-state index contributed by atoms with van der Waals surface area (Å²) in [6.07, 6.45) is 1.77. The fourth-order valence-electron chi connectivity index (χ4n) is 3.37. The molecule has 0 unspecified atom stereocenters. The minimum absolute atomic E-state index is 0.116. The number of aryl methyl sites for hydroxylation is 3. The molecule has 6 nitrogen and oxygen atoms in total. The molecule has 1 N–H and O–H groups in total. The normalized spacial score (nSPS) is 11.0. The molecule has 0 saturated heterocycles. The minimum atomic E-state index is -0.116. The Bertz CT molecular complexity index is 1220. The Hall–Kier alpha value is -3.19. The molecule has 0 aliphatic heterocycles. The first-order valence-electron chi connectivity index (χ1n) is 9.83. The SMILES string of the molecule is CCn1c(CSc2nccc(C)n2)nc2cc(NC(=O)c3ccccc3C)ccc21. The molecule has 1 amide bonds. The van der Waals surface area contributed by atoms with Gasteiger partial charge in [0.25, 0.3) is 5.91 Å². The molecule has 7 heteroatoms. The monoisotopic (exact) mass is 417 g/mol. The molecule has 0 bridgehead atoms. The van der Waals surface area contributed by atoms with Crippen LogP contribution in [0.15, 0.2) is 59.9 Å². The van der Waals surface area contributed by atoms with Crippen molar-refractivity contribution < 1.29 is 4.79 Å². The number of imidazole rings is 1. The highest BCUT2D eigenvalue weighted by Crippen LogP contribution is 2.25. The van der Waals surface area contributed by atoms with Gasteiger partial charge in [0.2, 0.25) is 0 Å². The number of amides is 1. The molecule has 2 heterocycles. The zero-order valence-electron chi connectivity index (χ0n) is 17.2. The van der Waals surface area contributed by atoms with Crippen LogP contribution in [-0.4, -0.2) is 25.4 Å². The van der Waals surface area contributed by atoms with Crippen LogP contribution >= 0.6 is 11.8 Å². The van der Waals surface area contributed by atoms with Crippen molar-refractivity contribution in [3.05, 3.63) is 77.4 Å². The van der Waals surface area contributed by atoms with Gasteiger partial charge in [0.05, 0.1) is 16.8 Å². The fourth-order valence-corrected chi connectivity index (χ4v) is 4.19. The Morgan fingerprint density at radius 1 is 1.10 bits per heavy atom. The summed E-state index contributed by atoms with van der Waals surface area (Å²) >= 11 is 1.57. The van der Waals surface area contributed by atoms with E-state index in [4.69, 9.17) is 4.98 Å². The van der Waals surface area contributed by atoms with Crippen molar-refractivity contribution in [2.45, 2.75) is 38.2 Å². The van der Waals surface area contributed by atoms with Crippen LogP contribution in [-0.2, 0) is 12.3 Å². The van der Waals surface area contributed by atoms with E-state index in [0.29, 0.717) is 11.3 Å². The van der Waals surface area contributed by atoms with Crippen molar-refractivity contribution in [1.29, 1.82) is 0 Å². The van der Waals surface area contributed by atoms with E-state index in [1.807, 2.05) is 62.4 Å². The second-order valence-corrected chi connectivity index (χ2v) is 7.96. The number of hydrogen-bond donors (Lipinski definition) is 1. The van der Waals surface area contributed by atoms with Crippen LogP contribution in [0, 0.1) is 13.8 Å². The van der Waals surface area contributed by atoms with E-state index in [-0.39, 0.29) is 5.91 Å². The maximum Gasteiger partial charge on any atom is 0.255 e. The van der Waals surface area contributed by atoms with E-state index < -0.39 is 0 Å². The molecule has 0 aliphatic rings. The molecule has 0 radical (unpaired) electrons. The quantitative estimate of drug-likeness (QED) is 0.353. The van der Waals surface area contributed by atoms with E-state index in [1.165, 1.54) is 0 Å². The number of benzene rings is 2. The molecule has 2 aromatic heterocycles. The van der Waals surface area contributed by atoms with Crippen molar-refractivity contribution in [3.8, 4) is 0 Å². The van der Waals surface area contributed by atoms with Crippen LogP contribution < -0.4 is 5.32 Å². The van der Waals surface area contributed by atoms with Gasteiger partial charge in [-0.1, -0.05) is 30.0 Å². The number of fused-ring (bicyclic) bond motifs is 1. The van der Waals surface area contributed by atoms with Gasteiger partial charge in [-0.25, -0.2) is 15.0 Å². The largest absolute Gasteiger partial charge is 0.328 e. The number of hydrogen-bond acceptors (Lipinski definition) is 5. The third kappa shape index (κ3) is 4.21. The predicted molar refractivity (Wildman–Crippen MR) is 121 cm³/mol. The summed E-state index contributed by atoms with van der Waals surface area (Å²) in [6, 6.07) is 15.3. The van der Waals surface area contributed by atoms with Crippen molar-refractivity contribution in [2.75, 3.05) is 5.32 Å². The van der Waals surface area contributed by atoms with Crippen molar-refractivity contribution >= 4 is 34.4 Å². The van der Waals surface area contributed by atoms with Crippen LogP contribution in [0.2, 0.25) is 0 Å². The average molecular weight is 418 g/mol. The zero-order chi connectivity index (χ0) is 21.1. The molecule has 0 atom stereocenters. The van der Waals surface area contributed by atoms with E-state index in [2.05, 4.69) is 26.8 Å². The summed E-state index contributed by atoms with van der Waals surface area (Å²) in [4.78, 5) is 26.2. The van der Waals surface area contributed by atoms with Crippen molar-refractivity contribution in [3.63, 3.8) is 0 Å². The Morgan fingerprint density at radius 3 is 2.70 bits per heavy atom. The molecular weight excluding hydrogens is 394 g/mol. The molecule has 0 spiro atoms.